The van der Waals surface area contributed by atoms with Crippen LogP contribution in [0.4, 0.5) is 0 Å². The van der Waals surface area contributed by atoms with Crippen molar-refractivity contribution in [2.75, 3.05) is 0 Å². The average molecular weight is 282 g/mol. The minimum atomic E-state index is 0.832. The first kappa shape index (κ1) is 14.9. The summed E-state index contributed by atoms with van der Waals surface area (Å²) in [5, 5.41) is 0. The number of hydrogen-bond acceptors (Lipinski definition) is 0. The van der Waals surface area contributed by atoms with E-state index in [-0.39, 0.29) is 0 Å². The van der Waals surface area contributed by atoms with E-state index in [0.29, 0.717) is 0 Å². The molecule has 0 aromatic heterocycles. The molecule has 0 aliphatic heterocycles. The first-order valence-electron chi connectivity index (χ1n) is 8.98. The van der Waals surface area contributed by atoms with Gasteiger partial charge in [-0.3, -0.25) is 0 Å². The van der Waals surface area contributed by atoms with Crippen molar-refractivity contribution in [3.05, 3.63) is 47.0 Å². The van der Waals surface area contributed by atoms with Gasteiger partial charge in [0.1, 0.15) is 0 Å². The van der Waals surface area contributed by atoms with Crippen molar-refractivity contribution in [3.8, 4) is 0 Å². The fraction of sp³-hybridized carbons (Fsp3) is 0.619. The maximum Gasteiger partial charge on any atom is -0.0162 e. The van der Waals surface area contributed by atoms with Gasteiger partial charge < -0.3 is 0 Å². The highest BCUT2D eigenvalue weighted by atomic mass is 14.3. The van der Waals surface area contributed by atoms with Crippen molar-refractivity contribution in [1.82, 2.24) is 0 Å². The Labute approximate surface area is 130 Å². The van der Waals surface area contributed by atoms with E-state index in [1.807, 2.05) is 0 Å². The van der Waals surface area contributed by atoms with Crippen molar-refractivity contribution in [2.45, 2.75) is 77.0 Å². The summed E-state index contributed by atoms with van der Waals surface area (Å²) in [6.07, 6.45) is 13.7. The smallest absolute Gasteiger partial charge is 0.0162 e. The summed E-state index contributed by atoms with van der Waals surface area (Å²) in [7, 11) is 0. The zero-order valence-corrected chi connectivity index (χ0v) is 13.7. The molecule has 1 aromatic rings. The van der Waals surface area contributed by atoms with Crippen LogP contribution in [0.2, 0.25) is 0 Å². The lowest BCUT2D eigenvalue weighted by atomic mass is 9.76. The van der Waals surface area contributed by atoms with Crippen LogP contribution in [0.3, 0.4) is 0 Å². The SMILES string of the molecule is C=C(C)CCC1CCC(c2ccc3c(c2)CCCC3)CC1. The van der Waals surface area contributed by atoms with Gasteiger partial charge in [0.25, 0.3) is 0 Å². The van der Waals surface area contributed by atoms with Crippen molar-refractivity contribution in [3.63, 3.8) is 0 Å². The number of benzene rings is 1. The predicted octanol–water partition coefficient (Wildman–Crippen LogP) is 6.20. The summed E-state index contributed by atoms with van der Waals surface area (Å²) < 4.78 is 0. The van der Waals surface area contributed by atoms with Crippen molar-refractivity contribution >= 4 is 0 Å². The molecule has 0 saturated heterocycles. The molecule has 0 spiro atoms. The third kappa shape index (κ3) is 3.78. The third-order valence-electron chi connectivity index (χ3n) is 5.67. The van der Waals surface area contributed by atoms with Gasteiger partial charge >= 0.3 is 0 Å². The molecule has 0 heteroatoms. The number of hydrogen-bond donors (Lipinski definition) is 0. The fourth-order valence-electron chi connectivity index (χ4n) is 4.24. The lowest BCUT2D eigenvalue weighted by molar-refractivity contribution is 0.310. The molecular formula is C21H30. The molecule has 2 aliphatic rings. The van der Waals surface area contributed by atoms with Crippen molar-refractivity contribution in [1.29, 1.82) is 0 Å². The van der Waals surface area contributed by atoms with E-state index in [1.165, 1.54) is 69.8 Å². The highest BCUT2D eigenvalue weighted by molar-refractivity contribution is 5.35. The molecule has 114 valence electrons. The van der Waals surface area contributed by atoms with Crippen LogP contribution in [0.15, 0.2) is 30.4 Å². The van der Waals surface area contributed by atoms with Gasteiger partial charge in [-0.2, -0.15) is 0 Å². The standard InChI is InChI=1S/C21H30/c1-16(2)7-8-17-9-11-19(12-10-17)21-14-13-18-5-3-4-6-20(18)15-21/h13-15,17,19H,1,3-12H2,2H3. The first-order valence-corrected chi connectivity index (χ1v) is 8.98. The molecule has 0 amide bonds. The Morgan fingerprint density at radius 1 is 1.05 bits per heavy atom. The van der Waals surface area contributed by atoms with E-state index in [9.17, 15) is 0 Å². The molecule has 1 fully saturated rings. The van der Waals surface area contributed by atoms with E-state index in [0.717, 1.165) is 11.8 Å². The van der Waals surface area contributed by atoms with Crippen LogP contribution in [0.25, 0.3) is 0 Å². The summed E-state index contributed by atoms with van der Waals surface area (Å²) in [5.74, 6) is 1.79. The fourth-order valence-corrected chi connectivity index (χ4v) is 4.24. The van der Waals surface area contributed by atoms with E-state index >= 15 is 0 Å². The van der Waals surface area contributed by atoms with E-state index < -0.39 is 0 Å². The Hall–Kier alpha value is -1.04. The number of allylic oxidation sites excluding steroid dienone is 1. The lowest BCUT2D eigenvalue weighted by Crippen LogP contribution is -2.14. The number of rotatable bonds is 4. The van der Waals surface area contributed by atoms with Gasteiger partial charge in [-0.25, -0.2) is 0 Å². The topological polar surface area (TPSA) is 0 Å². The second kappa shape index (κ2) is 6.81. The second-order valence-electron chi connectivity index (χ2n) is 7.45. The molecule has 3 rings (SSSR count). The number of fused-ring (bicyclic) bond motifs is 1. The zero-order chi connectivity index (χ0) is 14.7. The molecule has 0 bridgehead atoms. The Kier molecular flexibility index (Phi) is 4.83. The Bertz CT molecular complexity index is 489. The van der Waals surface area contributed by atoms with Crippen LogP contribution in [0.5, 0.6) is 0 Å². The van der Waals surface area contributed by atoms with Gasteiger partial charge in [-0.1, -0.05) is 23.8 Å². The molecule has 0 heterocycles. The second-order valence-corrected chi connectivity index (χ2v) is 7.45. The van der Waals surface area contributed by atoms with Gasteiger partial charge in [-0.05, 0) is 99.7 Å². The van der Waals surface area contributed by atoms with Gasteiger partial charge in [-0.15, -0.1) is 6.58 Å². The Balaban J connectivity index is 1.58. The third-order valence-corrected chi connectivity index (χ3v) is 5.67. The minimum Gasteiger partial charge on any atom is -0.100 e. The molecule has 0 radical (unpaired) electrons. The molecular weight excluding hydrogens is 252 g/mol. The van der Waals surface area contributed by atoms with Crippen LogP contribution in [-0.2, 0) is 12.8 Å². The van der Waals surface area contributed by atoms with Crippen molar-refractivity contribution < 1.29 is 0 Å². The largest absolute Gasteiger partial charge is 0.100 e. The quantitative estimate of drug-likeness (QED) is 0.577. The molecule has 2 aliphatic carbocycles. The summed E-state index contributed by atoms with van der Waals surface area (Å²) in [4.78, 5) is 0. The van der Waals surface area contributed by atoms with E-state index in [1.54, 1.807) is 16.7 Å². The summed E-state index contributed by atoms with van der Waals surface area (Å²) >= 11 is 0. The van der Waals surface area contributed by atoms with E-state index in [4.69, 9.17) is 0 Å². The molecule has 0 N–H and O–H groups in total. The minimum absolute atomic E-state index is 0.832. The molecule has 1 saturated carbocycles. The average Bonchev–Trinajstić information content (AvgIpc) is 2.53. The van der Waals surface area contributed by atoms with Crippen LogP contribution < -0.4 is 0 Å². The maximum absolute atomic E-state index is 4.04. The van der Waals surface area contributed by atoms with Gasteiger partial charge in [0.05, 0.1) is 0 Å². The Morgan fingerprint density at radius 3 is 2.48 bits per heavy atom. The first-order chi connectivity index (χ1) is 10.2. The normalized spacial score (nSPS) is 25.4. The summed E-state index contributed by atoms with van der Waals surface area (Å²) in [6.45, 7) is 6.21. The van der Waals surface area contributed by atoms with Crippen LogP contribution in [-0.4, -0.2) is 0 Å². The van der Waals surface area contributed by atoms with Crippen LogP contribution in [0.1, 0.15) is 80.9 Å². The molecule has 21 heavy (non-hydrogen) atoms. The highest BCUT2D eigenvalue weighted by Gasteiger charge is 2.23. The van der Waals surface area contributed by atoms with E-state index in [2.05, 4.69) is 31.7 Å². The zero-order valence-electron chi connectivity index (χ0n) is 13.7. The lowest BCUT2D eigenvalue weighted by Gasteiger charge is -2.29. The molecule has 0 nitrogen and oxygen atoms in total. The summed E-state index contributed by atoms with van der Waals surface area (Å²) in [5.41, 5.74) is 6.27. The summed E-state index contributed by atoms with van der Waals surface area (Å²) in [6, 6.07) is 7.41. The highest BCUT2D eigenvalue weighted by Crippen LogP contribution is 2.38. The Morgan fingerprint density at radius 2 is 1.76 bits per heavy atom. The van der Waals surface area contributed by atoms with Gasteiger partial charge in [0.15, 0.2) is 0 Å². The maximum atomic E-state index is 4.04. The molecule has 1 aromatic carbocycles. The van der Waals surface area contributed by atoms with Crippen LogP contribution in [0, 0.1) is 5.92 Å². The molecule has 0 unspecified atom stereocenters. The predicted molar refractivity (Wildman–Crippen MR) is 91.8 cm³/mol. The van der Waals surface area contributed by atoms with Crippen LogP contribution >= 0.6 is 0 Å². The molecule has 0 atom stereocenters. The van der Waals surface area contributed by atoms with Crippen molar-refractivity contribution in [2.24, 2.45) is 5.92 Å². The van der Waals surface area contributed by atoms with Gasteiger partial charge in [0, 0.05) is 0 Å². The van der Waals surface area contributed by atoms with Gasteiger partial charge in [0.2, 0.25) is 0 Å². The monoisotopic (exact) mass is 282 g/mol. The number of aryl methyl sites for hydroxylation is 2.